The molecule has 3 nitrogen and oxygen atoms in total. The van der Waals surface area contributed by atoms with Gasteiger partial charge in [0.15, 0.2) is 0 Å². The van der Waals surface area contributed by atoms with Crippen LogP contribution in [-0.4, -0.2) is 43.6 Å². The molecule has 0 saturated carbocycles. The Morgan fingerprint density at radius 2 is 1.95 bits per heavy atom. The van der Waals surface area contributed by atoms with Gasteiger partial charge in [0.25, 0.3) is 0 Å². The molecule has 0 heterocycles. The molecule has 19 heavy (non-hydrogen) atoms. The van der Waals surface area contributed by atoms with Crippen molar-refractivity contribution in [1.82, 2.24) is 4.90 Å². The molecule has 5 heteroatoms. The summed E-state index contributed by atoms with van der Waals surface area (Å²) in [6.45, 7) is 4.67. The maximum absolute atomic E-state index is 13.9. The normalized spacial score (nSPS) is 10.8. The molecule has 0 aliphatic rings. The largest absolute Gasteiger partial charge is 0.389 e. The Kier molecular flexibility index (Phi) is 6.18. The van der Waals surface area contributed by atoms with Crippen molar-refractivity contribution in [2.75, 3.05) is 38.6 Å². The van der Waals surface area contributed by atoms with E-state index in [2.05, 4.69) is 16.7 Å². The van der Waals surface area contributed by atoms with Crippen LogP contribution in [0.25, 0.3) is 0 Å². The second kappa shape index (κ2) is 7.40. The fourth-order valence-corrected chi connectivity index (χ4v) is 2.17. The van der Waals surface area contributed by atoms with Gasteiger partial charge in [0.05, 0.1) is 5.56 Å². The molecule has 0 fully saturated rings. The Labute approximate surface area is 120 Å². The lowest BCUT2D eigenvalue weighted by atomic mass is 10.1. The van der Waals surface area contributed by atoms with Crippen molar-refractivity contribution in [2.24, 2.45) is 5.73 Å². The van der Waals surface area contributed by atoms with Crippen LogP contribution in [0.1, 0.15) is 18.9 Å². The van der Waals surface area contributed by atoms with Crippen molar-refractivity contribution in [1.29, 1.82) is 0 Å². The average molecular weight is 283 g/mol. The molecular formula is C14H22FN3S. The van der Waals surface area contributed by atoms with Crippen LogP contribution in [0, 0.1) is 5.82 Å². The third-order valence-electron chi connectivity index (χ3n) is 2.89. The minimum Gasteiger partial charge on any atom is -0.389 e. The topological polar surface area (TPSA) is 32.5 Å². The standard InChI is InChI=1S/C14H22FN3S/c1-4-8-18(10-9-17(2)3)12-7-5-6-11(15)13(12)14(16)19/h5-7H,4,8-10H2,1-3H3,(H2,16,19). The number of hydrogen-bond donors (Lipinski definition) is 1. The molecule has 0 saturated heterocycles. The van der Waals surface area contributed by atoms with Gasteiger partial charge in [-0.25, -0.2) is 4.39 Å². The van der Waals surface area contributed by atoms with Crippen molar-refractivity contribution in [2.45, 2.75) is 13.3 Å². The van der Waals surface area contributed by atoms with Gasteiger partial charge in [0, 0.05) is 25.3 Å². The first-order valence-corrected chi connectivity index (χ1v) is 6.86. The SMILES string of the molecule is CCCN(CCN(C)C)c1cccc(F)c1C(N)=S. The predicted molar refractivity (Wildman–Crippen MR) is 83.3 cm³/mol. The molecular weight excluding hydrogens is 261 g/mol. The first-order valence-electron chi connectivity index (χ1n) is 6.45. The van der Waals surface area contributed by atoms with Crippen LogP contribution in [0.15, 0.2) is 18.2 Å². The first-order chi connectivity index (χ1) is 8.97. The van der Waals surface area contributed by atoms with E-state index in [4.69, 9.17) is 18.0 Å². The van der Waals surface area contributed by atoms with Crippen LogP contribution in [-0.2, 0) is 0 Å². The Balaban J connectivity index is 3.07. The lowest BCUT2D eigenvalue weighted by Crippen LogP contribution is -2.34. The maximum atomic E-state index is 13.9. The molecule has 106 valence electrons. The fourth-order valence-electron chi connectivity index (χ4n) is 1.96. The van der Waals surface area contributed by atoms with Crippen molar-refractivity contribution in [3.8, 4) is 0 Å². The zero-order valence-electron chi connectivity index (χ0n) is 11.8. The fraction of sp³-hybridized carbons (Fsp3) is 0.500. The molecule has 1 aromatic rings. The van der Waals surface area contributed by atoms with Crippen LogP contribution in [0.2, 0.25) is 0 Å². The van der Waals surface area contributed by atoms with Gasteiger partial charge in [-0.2, -0.15) is 0 Å². The average Bonchev–Trinajstić information content (AvgIpc) is 2.33. The van der Waals surface area contributed by atoms with E-state index in [1.807, 2.05) is 20.2 Å². The summed E-state index contributed by atoms with van der Waals surface area (Å²) in [6.07, 6.45) is 0.987. The summed E-state index contributed by atoms with van der Waals surface area (Å²) >= 11 is 4.98. The Hall–Kier alpha value is -1.20. The van der Waals surface area contributed by atoms with Gasteiger partial charge in [0.2, 0.25) is 0 Å². The van der Waals surface area contributed by atoms with E-state index in [-0.39, 0.29) is 10.8 Å². The van der Waals surface area contributed by atoms with E-state index in [0.717, 1.165) is 31.7 Å². The number of anilines is 1. The van der Waals surface area contributed by atoms with E-state index < -0.39 is 0 Å². The molecule has 0 radical (unpaired) electrons. The molecule has 0 aliphatic heterocycles. The highest BCUT2D eigenvalue weighted by atomic mass is 32.1. The highest BCUT2D eigenvalue weighted by molar-refractivity contribution is 7.80. The number of hydrogen-bond acceptors (Lipinski definition) is 3. The molecule has 0 unspecified atom stereocenters. The lowest BCUT2D eigenvalue weighted by Gasteiger charge is -2.28. The van der Waals surface area contributed by atoms with Gasteiger partial charge in [-0.05, 0) is 32.6 Å². The van der Waals surface area contributed by atoms with Gasteiger partial charge < -0.3 is 15.5 Å². The van der Waals surface area contributed by atoms with Crippen molar-refractivity contribution >= 4 is 22.9 Å². The van der Waals surface area contributed by atoms with E-state index in [1.165, 1.54) is 6.07 Å². The summed E-state index contributed by atoms with van der Waals surface area (Å²) < 4.78 is 13.9. The second-order valence-electron chi connectivity index (χ2n) is 4.79. The summed E-state index contributed by atoms with van der Waals surface area (Å²) in [5, 5.41) is 0. The highest BCUT2D eigenvalue weighted by Crippen LogP contribution is 2.23. The molecule has 0 amide bonds. The number of nitrogens with two attached hydrogens (primary N) is 1. The van der Waals surface area contributed by atoms with Crippen molar-refractivity contribution < 1.29 is 4.39 Å². The van der Waals surface area contributed by atoms with E-state index in [0.29, 0.717) is 5.56 Å². The summed E-state index contributed by atoms with van der Waals surface area (Å²) in [7, 11) is 4.04. The summed E-state index contributed by atoms with van der Waals surface area (Å²) in [5.41, 5.74) is 6.80. The van der Waals surface area contributed by atoms with Gasteiger partial charge in [-0.1, -0.05) is 25.2 Å². The van der Waals surface area contributed by atoms with Crippen LogP contribution in [0.3, 0.4) is 0 Å². The third kappa shape index (κ3) is 4.44. The Bertz CT molecular complexity index is 435. The van der Waals surface area contributed by atoms with E-state index in [1.54, 1.807) is 6.07 Å². The third-order valence-corrected chi connectivity index (χ3v) is 3.09. The van der Waals surface area contributed by atoms with Crippen molar-refractivity contribution in [3.63, 3.8) is 0 Å². The summed E-state index contributed by atoms with van der Waals surface area (Å²) in [4.78, 5) is 4.35. The molecule has 0 atom stereocenters. The molecule has 2 N–H and O–H groups in total. The minimum absolute atomic E-state index is 0.110. The van der Waals surface area contributed by atoms with E-state index >= 15 is 0 Å². The molecule has 0 aliphatic carbocycles. The second-order valence-corrected chi connectivity index (χ2v) is 5.23. The number of halogens is 1. The highest BCUT2D eigenvalue weighted by Gasteiger charge is 2.16. The summed E-state index contributed by atoms with van der Waals surface area (Å²) in [6, 6.07) is 4.97. The maximum Gasteiger partial charge on any atom is 0.135 e. The van der Waals surface area contributed by atoms with Crippen LogP contribution >= 0.6 is 12.2 Å². The van der Waals surface area contributed by atoms with Gasteiger partial charge in [0.1, 0.15) is 10.8 Å². The monoisotopic (exact) mass is 283 g/mol. The molecule has 0 spiro atoms. The molecule has 1 rings (SSSR count). The zero-order valence-corrected chi connectivity index (χ0v) is 12.6. The van der Waals surface area contributed by atoms with Crippen molar-refractivity contribution in [3.05, 3.63) is 29.6 Å². The Morgan fingerprint density at radius 3 is 2.47 bits per heavy atom. The van der Waals surface area contributed by atoms with Gasteiger partial charge in [-0.15, -0.1) is 0 Å². The molecule has 0 bridgehead atoms. The Morgan fingerprint density at radius 1 is 1.26 bits per heavy atom. The minimum atomic E-state index is -0.351. The van der Waals surface area contributed by atoms with Crippen LogP contribution in [0.5, 0.6) is 0 Å². The number of nitrogens with zero attached hydrogens (tertiary/aromatic N) is 2. The zero-order chi connectivity index (χ0) is 14.4. The summed E-state index contributed by atoms with van der Waals surface area (Å²) in [5.74, 6) is -0.351. The quantitative estimate of drug-likeness (QED) is 0.778. The lowest BCUT2D eigenvalue weighted by molar-refractivity contribution is 0.413. The van der Waals surface area contributed by atoms with E-state index in [9.17, 15) is 4.39 Å². The number of thiocarbonyl (C=S) groups is 1. The number of benzene rings is 1. The first kappa shape index (κ1) is 15.9. The molecule has 0 aromatic heterocycles. The predicted octanol–water partition coefficient (Wildman–Crippen LogP) is 2.24. The van der Waals surface area contributed by atoms with Crippen LogP contribution in [0.4, 0.5) is 10.1 Å². The smallest absolute Gasteiger partial charge is 0.135 e. The number of likely N-dealkylation sites (N-methyl/N-ethyl adjacent to an activating group) is 1. The van der Waals surface area contributed by atoms with Gasteiger partial charge >= 0.3 is 0 Å². The van der Waals surface area contributed by atoms with Crippen LogP contribution < -0.4 is 10.6 Å². The molecule has 1 aromatic carbocycles. The van der Waals surface area contributed by atoms with Gasteiger partial charge in [-0.3, -0.25) is 0 Å². The number of rotatable bonds is 7.